The van der Waals surface area contributed by atoms with Crippen molar-refractivity contribution < 1.29 is 22.4 Å². The summed E-state index contributed by atoms with van der Waals surface area (Å²) in [5.74, 6) is 1.43. The molecule has 0 radical (unpaired) electrons. The molecule has 2 aromatic carbocycles. The molecule has 0 atom stereocenters. The van der Waals surface area contributed by atoms with E-state index in [1.165, 1.54) is 18.4 Å². The number of sulfonamides is 1. The number of furan rings is 1. The molecule has 0 unspecified atom stereocenters. The van der Waals surface area contributed by atoms with Gasteiger partial charge in [0.15, 0.2) is 0 Å². The third-order valence-corrected chi connectivity index (χ3v) is 7.60. The van der Waals surface area contributed by atoms with Crippen LogP contribution in [0.2, 0.25) is 0 Å². The van der Waals surface area contributed by atoms with E-state index >= 15 is 0 Å². The molecule has 186 valence electrons. The fourth-order valence-corrected chi connectivity index (χ4v) is 4.47. The van der Waals surface area contributed by atoms with Gasteiger partial charge in [-0.1, -0.05) is 12.1 Å². The standard InChI is InChI=1S/C26H31N3O5S/c1-28(2)35(31,32)25-13-11-23(12-14-25)34-17-15-29(19-24-4-3-16-33-24)18-20-5-7-21(8-6-20)26(30)27-22-9-10-22/h3-8,11-14,16,22H,9-10,15,17-19H2,1-2H3,(H,27,30). The van der Waals surface area contributed by atoms with E-state index in [0.29, 0.717) is 43.6 Å². The van der Waals surface area contributed by atoms with Crippen molar-refractivity contribution in [2.24, 2.45) is 0 Å². The molecule has 3 aromatic rings. The monoisotopic (exact) mass is 497 g/mol. The molecule has 35 heavy (non-hydrogen) atoms. The molecule has 1 heterocycles. The Hall–Kier alpha value is -3.14. The largest absolute Gasteiger partial charge is 0.492 e. The van der Waals surface area contributed by atoms with Crippen LogP contribution in [0.5, 0.6) is 5.75 Å². The van der Waals surface area contributed by atoms with Crippen molar-refractivity contribution in [2.75, 3.05) is 27.2 Å². The quantitative estimate of drug-likeness (QED) is 0.412. The molecule has 1 aliphatic rings. The van der Waals surface area contributed by atoms with Crippen LogP contribution in [0.3, 0.4) is 0 Å². The highest BCUT2D eigenvalue weighted by Crippen LogP contribution is 2.20. The molecule has 0 aliphatic heterocycles. The lowest BCUT2D eigenvalue weighted by Crippen LogP contribution is -2.28. The fourth-order valence-electron chi connectivity index (χ4n) is 3.56. The fraction of sp³-hybridized carbons (Fsp3) is 0.346. The third-order valence-electron chi connectivity index (χ3n) is 5.77. The van der Waals surface area contributed by atoms with Crippen molar-refractivity contribution in [1.82, 2.24) is 14.5 Å². The Morgan fingerprint density at radius 3 is 2.34 bits per heavy atom. The van der Waals surface area contributed by atoms with Crippen LogP contribution < -0.4 is 10.1 Å². The summed E-state index contributed by atoms with van der Waals surface area (Å²) in [5, 5.41) is 3.01. The number of hydrogen-bond donors (Lipinski definition) is 1. The molecule has 0 bridgehead atoms. The van der Waals surface area contributed by atoms with Gasteiger partial charge in [0.05, 0.1) is 17.7 Å². The van der Waals surface area contributed by atoms with Crippen LogP contribution in [0.15, 0.2) is 76.2 Å². The van der Waals surface area contributed by atoms with Gasteiger partial charge >= 0.3 is 0 Å². The molecule has 0 saturated heterocycles. The van der Waals surface area contributed by atoms with Crippen LogP contribution in [-0.2, 0) is 23.1 Å². The molecule has 1 saturated carbocycles. The van der Waals surface area contributed by atoms with E-state index in [1.807, 2.05) is 36.4 Å². The van der Waals surface area contributed by atoms with Gasteiger partial charge in [-0.15, -0.1) is 0 Å². The minimum atomic E-state index is -3.47. The predicted molar refractivity (Wildman–Crippen MR) is 133 cm³/mol. The van der Waals surface area contributed by atoms with Crippen LogP contribution in [0.25, 0.3) is 0 Å². The average molecular weight is 498 g/mol. The molecule has 9 heteroatoms. The first-order valence-corrected chi connectivity index (χ1v) is 13.1. The molecular formula is C26H31N3O5S. The first-order valence-electron chi connectivity index (χ1n) is 11.6. The van der Waals surface area contributed by atoms with Gasteiger partial charge in [0, 0.05) is 38.8 Å². The summed E-state index contributed by atoms with van der Waals surface area (Å²) < 4.78 is 37.0. The van der Waals surface area contributed by atoms with Gasteiger partial charge < -0.3 is 14.5 Å². The molecule has 4 rings (SSSR count). The highest BCUT2D eigenvalue weighted by Gasteiger charge is 2.23. The number of nitrogens with zero attached hydrogens (tertiary/aromatic N) is 2. The van der Waals surface area contributed by atoms with Crippen molar-refractivity contribution in [3.63, 3.8) is 0 Å². The van der Waals surface area contributed by atoms with Crippen LogP contribution in [-0.4, -0.2) is 56.8 Å². The molecule has 1 aromatic heterocycles. The Bertz CT molecular complexity index is 1200. The highest BCUT2D eigenvalue weighted by atomic mass is 32.2. The van der Waals surface area contributed by atoms with E-state index < -0.39 is 10.0 Å². The van der Waals surface area contributed by atoms with Gasteiger partial charge in [-0.25, -0.2) is 12.7 Å². The second-order valence-corrected chi connectivity index (χ2v) is 11.0. The molecule has 1 N–H and O–H groups in total. The number of rotatable bonds is 12. The maximum atomic E-state index is 12.2. The van der Waals surface area contributed by atoms with Crippen molar-refractivity contribution in [3.05, 3.63) is 83.8 Å². The van der Waals surface area contributed by atoms with Gasteiger partial charge in [-0.2, -0.15) is 0 Å². The highest BCUT2D eigenvalue weighted by molar-refractivity contribution is 7.89. The minimum absolute atomic E-state index is 0.0238. The molecule has 1 amide bonds. The lowest BCUT2D eigenvalue weighted by atomic mass is 10.1. The number of ether oxygens (including phenoxy) is 1. The van der Waals surface area contributed by atoms with Crippen molar-refractivity contribution >= 4 is 15.9 Å². The number of nitrogens with one attached hydrogen (secondary N) is 1. The summed E-state index contributed by atoms with van der Waals surface area (Å²) in [6.07, 6.45) is 3.78. The van der Waals surface area contributed by atoms with E-state index in [4.69, 9.17) is 9.15 Å². The second kappa shape index (κ2) is 11.1. The number of carbonyl (C=O) groups excluding carboxylic acids is 1. The Morgan fingerprint density at radius 2 is 1.74 bits per heavy atom. The summed E-state index contributed by atoms with van der Waals surface area (Å²) in [6, 6.07) is 18.2. The summed E-state index contributed by atoms with van der Waals surface area (Å²) in [6.45, 7) is 2.32. The first-order chi connectivity index (χ1) is 16.8. The Kier molecular flexibility index (Phi) is 7.90. The van der Waals surface area contributed by atoms with Crippen molar-refractivity contribution in [2.45, 2.75) is 36.9 Å². The van der Waals surface area contributed by atoms with Crippen LogP contribution in [0.1, 0.15) is 34.5 Å². The summed E-state index contributed by atoms with van der Waals surface area (Å²) >= 11 is 0. The number of carbonyl (C=O) groups is 1. The molecule has 1 aliphatic carbocycles. The lowest BCUT2D eigenvalue weighted by molar-refractivity contribution is 0.0951. The maximum Gasteiger partial charge on any atom is 0.251 e. The van der Waals surface area contributed by atoms with Gasteiger partial charge in [0.1, 0.15) is 18.1 Å². The lowest BCUT2D eigenvalue weighted by Gasteiger charge is -2.22. The first kappa shape index (κ1) is 25.0. The van der Waals surface area contributed by atoms with Crippen LogP contribution in [0, 0.1) is 0 Å². The summed E-state index contributed by atoms with van der Waals surface area (Å²) in [5.41, 5.74) is 1.75. The smallest absolute Gasteiger partial charge is 0.251 e. The number of benzene rings is 2. The topological polar surface area (TPSA) is 92.1 Å². The van der Waals surface area contributed by atoms with Gasteiger partial charge in [-0.05, 0) is 66.9 Å². The normalized spacial score (nSPS) is 13.8. The number of amides is 1. The summed E-state index contributed by atoms with van der Waals surface area (Å²) in [7, 11) is -0.461. The van der Waals surface area contributed by atoms with Crippen molar-refractivity contribution in [1.29, 1.82) is 0 Å². The van der Waals surface area contributed by atoms with E-state index in [0.717, 1.165) is 24.2 Å². The van der Waals surface area contributed by atoms with Gasteiger partial charge in [0.25, 0.3) is 5.91 Å². The Balaban J connectivity index is 1.35. The Morgan fingerprint density at radius 1 is 1.03 bits per heavy atom. The predicted octanol–water partition coefficient (Wildman–Crippen LogP) is 3.50. The van der Waals surface area contributed by atoms with Crippen molar-refractivity contribution in [3.8, 4) is 5.75 Å². The van der Waals surface area contributed by atoms with Crippen LogP contribution in [0.4, 0.5) is 0 Å². The molecule has 1 fully saturated rings. The third kappa shape index (κ3) is 6.94. The molecule has 8 nitrogen and oxygen atoms in total. The molecule has 0 spiro atoms. The maximum absolute atomic E-state index is 12.2. The minimum Gasteiger partial charge on any atom is -0.492 e. The number of hydrogen-bond acceptors (Lipinski definition) is 6. The zero-order chi connectivity index (χ0) is 24.8. The van der Waals surface area contributed by atoms with Gasteiger partial charge in [-0.3, -0.25) is 9.69 Å². The second-order valence-electron chi connectivity index (χ2n) is 8.84. The van der Waals surface area contributed by atoms with E-state index in [9.17, 15) is 13.2 Å². The zero-order valence-corrected chi connectivity index (χ0v) is 20.8. The van der Waals surface area contributed by atoms with E-state index in [1.54, 1.807) is 30.5 Å². The van der Waals surface area contributed by atoms with E-state index in [-0.39, 0.29) is 10.8 Å². The average Bonchev–Trinajstić information content (AvgIpc) is 3.51. The SMILES string of the molecule is CN(C)S(=O)(=O)c1ccc(OCCN(Cc2ccc(C(=O)NC3CC3)cc2)Cc2ccco2)cc1. The molecular weight excluding hydrogens is 466 g/mol. The van der Waals surface area contributed by atoms with E-state index in [2.05, 4.69) is 10.2 Å². The Labute approximate surface area is 206 Å². The summed E-state index contributed by atoms with van der Waals surface area (Å²) in [4.78, 5) is 14.7. The van der Waals surface area contributed by atoms with Crippen LogP contribution >= 0.6 is 0 Å². The van der Waals surface area contributed by atoms with Gasteiger partial charge in [0.2, 0.25) is 10.0 Å². The zero-order valence-electron chi connectivity index (χ0n) is 20.0.